The minimum absolute atomic E-state index is 0. The van der Waals surface area contributed by atoms with Crippen molar-refractivity contribution in [1.29, 1.82) is 0 Å². The summed E-state index contributed by atoms with van der Waals surface area (Å²) in [5, 5.41) is 1.32. The maximum absolute atomic E-state index is 4.75. The van der Waals surface area contributed by atoms with Crippen LogP contribution in [0, 0.1) is 5.92 Å². The first-order valence-electron chi connectivity index (χ1n) is 11.8. The maximum Gasteiger partial charge on any atom is 0.0849 e. The number of benzene rings is 3. The Morgan fingerprint density at radius 1 is 0.848 bits per heavy atom. The Hall–Kier alpha value is -2.60. The SMILES string of the molecule is C(=NCCc1c[nH]c2ccccc12)N1CCC(C(c2ccccc2)c2ccccc2)CC1.I. The van der Waals surface area contributed by atoms with Gasteiger partial charge in [0.05, 0.1) is 6.34 Å². The Morgan fingerprint density at radius 3 is 2.12 bits per heavy atom. The number of rotatable bonds is 7. The van der Waals surface area contributed by atoms with Crippen LogP contribution in [0.4, 0.5) is 0 Å². The van der Waals surface area contributed by atoms with Gasteiger partial charge in [-0.15, -0.1) is 24.0 Å². The van der Waals surface area contributed by atoms with Crippen molar-refractivity contribution in [1.82, 2.24) is 9.88 Å². The fraction of sp³-hybridized carbons (Fsp3) is 0.276. The van der Waals surface area contributed by atoms with Crippen LogP contribution in [-0.2, 0) is 6.42 Å². The number of halogens is 1. The highest BCUT2D eigenvalue weighted by atomic mass is 127. The zero-order chi connectivity index (χ0) is 21.6. The zero-order valence-corrected chi connectivity index (χ0v) is 21.3. The van der Waals surface area contributed by atoms with Crippen molar-refractivity contribution >= 4 is 41.2 Å². The molecule has 1 aliphatic rings. The molecule has 0 radical (unpaired) electrons. The number of para-hydroxylation sites is 1. The number of aromatic nitrogens is 1. The third-order valence-electron chi connectivity index (χ3n) is 6.79. The lowest BCUT2D eigenvalue weighted by Crippen LogP contribution is -2.35. The molecule has 33 heavy (non-hydrogen) atoms. The molecule has 0 unspecified atom stereocenters. The molecule has 0 spiro atoms. The van der Waals surface area contributed by atoms with Crippen molar-refractivity contribution in [2.75, 3.05) is 19.6 Å². The van der Waals surface area contributed by atoms with Gasteiger partial charge < -0.3 is 9.88 Å². The van der Waals surface area contributed by atoms with Crippen LogP contribution in [0.3, 0.4) is 0 Å². The number of aliphatic imine (C=N–C) groups is 1. The van der Waals surface area contributed by atoms with Crippen molar-refractivity contribution in [2.45, 2.75) is 25.2 Å². The van der Waals surface area contributed by atoms with Gasteiger partial charge in [-0.05, 0) is 47.9 Å². The lowest BCUT2D eigenvalue weighted by molar-refractivity contribution is 0.254. The monoisotopic (exact) mass is 549 g/mol. The molecule has 0 bridgehead atoms. The highest BCUT2D eigenvalue weighted by Gasteiger charge is 2.28. The standard InChI is InChI=1S/C29H31N3.HI/c1-3-9-23(10-4-1)29(24-11-5-2-6-12-24)25-16-19-32(20-17-25)22-30-18-15-26-21-31-28-14-8-7-13-27(26)28;/h1-14,21-22,25,29,31H,15-20H2;1H. The van der Waals surface area contributed by atoms with Crippen molar-refractivity contribution in [3.8, 4) is 0 Å². The Bertz CT molecular complexity index is 1110. The van der Waals surface area contributed by atoms with Gasteiger partial charge in [-0.3, -0.25) is 4.99 Å². The first kappa shape index (κ1) is 23.6. The van der Waals surface area contributed by atoms with E-state index in [2.05, 4.69) is 107 Å². The first-order valence-corrected chi connectivity index (χ1v) is 11.8. The van der Waals surface area contributed by atoms with E-state index in [1.165, 1.54) is 40.4 Å². The lowest BCUT2D eigenvalue weighted by atomic mass is 9.76. The van der Waals surface area contributed by atoms with Crippen LogP contribution >= 0.6 is 24.0 Å². The molecule has 3 aromatic carbocycles. The van der Waals surface area contributed by atoms with Crippen LogP contribution in [0.25, 0.3) is 10.9 Å². The van der Waals surface area contributed by atoms with Crippen molar-refractivity contribution in [3.05, 3.63) is 108 Å². The Morgan fingerprint density at radius 2 is 1.45 bits per heavy atom. The second-order valence-corrected chi connectivity index (χ2v) is 8.80. The van der Waals surface area contributed by atoms with Gasteiger partial charge in [0.2, 0.25) is 0 Å². The van der Waals surface area contributed by atoms with Crippen molar-refractivity contribution in [2.24, 2.45) is 10.9 Å². The van der Waals surface area contributed by atoms with Gasteiger partial charge in [0, 0.05) is 42.7 Å². The molecule has 1 aliphatic heterocycles. The molecule has 3 nitrogen and oxygen atoms in total. The van der Waals surface area contributed by atoms with E-state index in [0.29, 0.717) is 11.8 Å². The van der Waals surface area contributed by atoms with Crippen molar-refractivity contribution in [3.63, 3.8) is 0 Å². The van der Waals surface area contributed by atoms with E-state index in [1.54, 1.807) is 0 Å². The summed E-state index contributed by atoms with van der Waals surface area (Å²) in [6, 6.07) is 30.5. The average Bonchev–Trinajstić information content (AvgIpc) is 3.27. The van der Waals surface area contributed by atoms with Gasteiger partial charge >= 0.3 is 0 Å². The summed E-state index contributed by atoms with van der Waals surface area (Å²) in [4.78, 5) is 10.5. The third kappa shape index (κ3) is 5.67. The molecule has 1 N–H and O–H groups in total. The number of H-pyrrole nitrogens is 1. The zero-order valence-electron chi connectivity index (χ0n) is 18.9. The molecule has 0 saturated carbocycles. The maximum atomic E-state index is 4.75. The highest BCUT2D eigenvalue weighted by Crippen LogP contribution is 2.37. The minimum atomic E-state index is 0. The summed E-state index contributed by atoms with van der Waals surface area (Å²) in [6.45, 7) is 2.99. The van der Waals surface area contributed by atoms with Crippen LogP contribution in [0.5, 0.6) is 0 Å². The lowest BCUT2D eigenvalue weighted by Gasteiger charge is -2.36. The largest absolute Gasteiger partial charge is 0.363 e. The Kier molecular flexibility index (Phi) is 8.21. The van der Waals surface area contributed by atoms with Crippen LogP contribution in [0.1, 0.15) is 35.4 Å². The number of piperidine rings is 1. The van der Waals surface area contributed by atoms with Crippen LogP contribution < -0.4 is 0 Å². The summed E-state index contributed by atoms with van der Waals surface area (Å²) in [7, 11) is 0. The number of aromatic amines is 1. The number of nitrogens with one attached hydrogen (secondary N) is 1. The Balaban J connectivity index is 0.00000259. The minimum Gasteiger partial charge on any atom is -0.363 e. The molecule has 1 aromatic heterocycles. The van der Waals surface area contributed by atoms with E-state index in [0.717, 1.165) is 26.1 Å². The predicted octanol–water partition coefficient (Wildman–Crippen LogP) is 6.90. The smallest absolute Gasteiger partial charge is 0.0849 e. The van der Waals surface area contributed by atoms with E-state index >= 15 is 0 Å². The number of hydrogen-bond acceptors (Lipinski definition) is 1. The summed E-state index contributed by atoms with van der Waals surface area (Å²) >= 11 is 0. The van der Waals surface area contributed by atoms with Gasteiger partial charge in [0.1, 0.15) is 0 Å². The number of hydrogen-bond donors (Lipinski definition) is 1. The summed E-state index contributed by atoms with van der Waals surface area (Å²) in [5.41, 5.74) is 5.43. The molecule has 1 saturated heterocycles. The van der Waals surface area contributed by atoms with E-state index in [4.69, 9.17) is 4.99 Å². The molecule has 4 aromatic rings. The molecular formula is C29H32IN3. The Labute approximate surface area is 214 Å². The molecule has 0 atom stereocenters. The molecule has 170 valence electrons. The van der Waals surface area contributed by atoms with Gasteiger partial charge in [-0.1, -0.05) is 78.9 Å². The fourth-order valence-corrected chi connectivity index (χ4v) is 5.12. The molecular weight excluding hydrogens is 517 g/mol. The number of nitrogens with zero attached hydrogens (tertiary/aromatic N) is 2. The second-order valence-electron chi connectivity index (χ2n) is 8.80. The third-order valence-corrected chi connectivity index (χ3v) is 6.79. The van der Waals surface area contributed by atoms with Crippen LogP contribution in [0.15, 0.2) is 96.1 Å². The number of likely N-dealkylation sites (tertiary alicyclic amines) is 1. The summed E-state index contributed by atoms with van der Waals surface area (Å²) in [5.74, 6) is 1.13. The molecule has 5 rings (SSSR count). The molecule has 1 fully saturated rings. The van der Waals surface area contributed by atoms with Gasteiger partial charge in [0.15, 0.2) is 0 Å². The molecule has 2 heterocycles. The summed E-state index contributed by atoms with van der Waals surface area (Å²) in [6.07, 6.45) is 7.58. The normalized spacial score (nSPS) is 14.8. The van der Waals surface area contributed by atoms with Gasteiger partial charge in [0.25, 0.3) is 0 Å². The average molecular weight is 550 g/mol. The second kappa shape index (κ2) is 11.5. The molecule has 4 heteroatoms. The molecule has 0 aliphatic carbocycles. The van der Waals surface area contributed by atoms with E-state index in [9.17, 15) is 0 Å². The van der Waals surface area contributed by atoms with Crippen LogP contribution in [-0.4, -0.2) is 35.9 Å². The van der Waals surface area contributed by atoms with E-state index in [-0.39, 0.29) is 24.0 Å². The van der Waals surface area contributed by atoms with Gasteiger partial charge in [-0.2, -0.15) is 0 Å². The fourth-order valence-electron chi connectivity index (χ4n) is 5.12. The van der Waals surface area contributed by atoms with Gasteiger partial charge in [-0.25, -0.2) is 0 Å². The topological polar surface area (TPSA) is 31.4 Å². The molecule has 0 amide bonds. The van der Waals surface area contributed by atoms with Crippen LogP contribution in [0.2, 0.25) is 0 Å². The summed E-state index contributed by atoms with van der Waals surface area (Å²) < 4.78 is 0. The predicted molar refractivity (Wildman–Crippen MR) is 150 cm³/mol. The number of fused-ring (bicyclic) bond motifs is 1. The van der Waals surface area contributed by atoms with E-state index in [1.807, 2.05) is 0 Å². The van der Waals surface area contributed by atoms with E-state index < -0.39 is 0 Å². The highest BCUT2D eigenvalue weighted by molar-refractivity contribution is 14.0. The quantitative estimate of drug-likeness (QED) is 0.152. The first-order chi connectivity index (χ1) is 15.9. The van der Waals surface area contributed by atoms with Crippen molar-refractivity contribution < 1.29 is 0 Å².